The van der Waals surface area contributed by atoms with Crippen LogP contribution in [0.15, 0.2) is 41.5 Å². The molecule has 140 valence electrons. The predicted molar refractivity (Wildman–Crippen MR) is 102 cm³/mol. The fraction of sp³-hybridized carbons (Fsp3) is 0.211. The predicted octanol–water partition coefficient (Wildman–Crippen LogP) is 3.25. The smallest absolute Gasteiger partial charge is 0.240 e. The first-order chi connectivity index (χ1) is 13.0. The fourth-order valence-electron chi connectivity index (χ4n) is 2.41. The topological polar surface area (TPSA) is 89.0 Å². The Hall–Kier alpha value is -3.06. The SMILES string of the molecule is Cc1c(Cl)cccc1NC(=O)CCC(=O)N/N=C/c1ccc2c(c1)OCO2. The van der Waals surface area contributed by atoms with Gasteiger partial charge in [-0.3, -0.25) is 9.59 Å². The largest absolute Gasteiger partial charge is 0.454 e. The Bertz CT molecular complexity index is 899. The van der Waals surface area contributed by atoms with Crippen LogP contribution in [0.5, 0.6) is 11.5 Å². The number of hydrazone groups is 1. The molecule has 8 heteroatoms. The van der Waals surface area contributed by atoms with E-state index in [1.165, 1.54) is 6.21 Å². The lowest BCUT2D eigenvalue weighted by Crippen LogP contribution is -2.20. The molecule has 0 saturated carbocycles. The number of hydrogen-bond acceptors (Lipinski definition) is 5. The number of benzene rings is 2. The van der Waals surface area contributed by atoms with Gasteiger partial charge in [-0.1, -0.05) is 17.7 Å². The molecule has 1 heterocycles. The summed E-state index contributed by atoms with van der Waals surface area (Å²) in [5, 5.41) is 7.20. The number of rotatable bonds is 6. The van der Waals surface area contributed by atoms with Crippen molar-refractivity contribution in [3.05, 3.63) is 52.5 Å². The van der Waals surface area contributed by atoms with Crippen LogP contribution in [-0.2, 0) is 9.59 Å². The first-order valence-corrected chi connectivity index (χ1v) is 8.67. The van der Waals surface area contributed by atoms with Crippen LogP contribution in [0.2, 0.25) is 5.02 Å². The van der Waals surface area contributed by atoms with E-state index in [4.69, 9.17) is 21.1 Å². The van der Waals surface area contributed by atoms with Crippen LogP contribution in [0.3, 0.4) is 0 Å². The zero-order chi connectivity index (χ0) is 19.2. The molecule has 27 heavy (non-hydrogen) atoms. The summed E-state index contributed by atoms with van der Waals surface area (Å²) in [6.45, 7) is 2.01. The summed E-state index contributed by atoms with van der Waals surface area (Å²) in [7, 11) is 0. The van der Waals surface area contributed by atoms with Gasteiger partial charge in [-0.05, 0) is 48.4 Å². The molecule has 0 spiro atoms. The maximum absolute atomic E-state index is 12.0. The van der Waals surface area contributed by atoms with Gasteiger partial charge in [0.25, 0.3) is 0 Å². The van der Waals surface area contributed by atoms with Crippen molar-refractivity contribution < 1.29 is 19.1 Å². The average molecular weight is 388 g/mol. The lowest BCUT2D eigenvalue weighted by molar-refractivity contribution is -0.124. The Balaban J connectivity index is 1.44. The molecule has 2 N–H and O–H groups in total. The summed E-state index contributed by atoms with van der Waals surface area (Å²) < 4.78 is 10.5. The maximum Gasteiger partial charge on any atom is 0.240 e. The Morgan fingerprint density at radius 3 is 2.78 bits per heavy atom. The van der Waals surface area contributed by atoms with E-state index in [0.29, 0.717) is 22.2 Å². The average Bonchev–Trinajstić information content (AvgIpc) is 3.12. The number of fused-ring (bicyclic) bond motifs is 1. The lowest BCUT2D eigenvalue weighted by Gasteiger charge is -2.09. The second kappa shape index (κ2) is 8.55. The second-order valence-electron chi connectivity index (χ2n) is 5.87. The fourth-order valence-corrected chi connectivity index (χ4v) is 2.59. The van der Waals surface area contributed by atoms with Gasteiger partial charge in [0.2, 0.25) is 18.6 Å². The van der Waals surface area contributed by atoms with Gasteiger partial charge >= 0.3 is 0 Å². The number of nitrogens with one attached hydrogen (secondary N) is 2. The molecule has 2 aromatic carbocycles. The summed E-state index contributed by atoms with van der Waals surface area (Å²) in [6, 6.07) is 10.6. The molecular weight excluding hydrogens is 370 g/mol. The van der Waals surface area contributed by atoms with Crippen molar-refractivity contribution in [3.63, 3.8) is 0 Å². The first-order valence-electron chi connectivity index (χ1n) is 8.29. The quantitative estimate of drug-likeness (QED) is 0.588. The molecule has 1 aliphatic heterocycles. The Morgan fingerprint density at radius 1 is 1.15 bits per heavy atom. The first kappa shape index (κ1) is 18.7. The Labute approximate surface area is 161 Å². The molecule has 2 amide bonds. The second-order valence-corrected chi connectivity index (χ2v) is 6.27. The standard InChI is InChI=1S/C19H18ClN3O4/c1-12-14(20)3-2-4-15(12)22-18(24)7-8-19(25)23-21-10-13-5-6-16-17(9-13)27-11-26-16/h2-6,9-10H,7-8,11H2,1H3,(H,22,24)(H,23,25)/b21-10+. The highest BCUT2D eigenvalue weighted by molar-refractivity contribution is 6.31. The summed E-state index contributed by atoms with van der Waals surface area (Å²) in [4.78, 5) is 23.8. The van der Waals surface area contributed by atoms with Crippen molar-refractivity contribution in [1.29, 1.82) is 0 Å². The normalized spacial score (nSPS) is 12.2. The van der Waals surface area contributed by atoms with E-state index in [1.807, 2.05) is 6.92 Å². The molecule has 0 atom stereocenters. The zero-order valence-corrected chi connectivity index (χ0v) is 15.4. The Kier molecular flexibility index (Phi) is 5.93. The van der Waals surface area contributed by atoms with Crippen LogP contribution < -0.4 is 20.2 Å². The molecule has 0 radical (unpaired) electrons. The van der Waals surface area contributed by atoms with Crippen molar-refractivity contribution in [3.8, 4) is 11.5 Å². The number of carbonyl (C=O) groups is 2. The van der Waals surface area contributed by atoms with Crippen LogP contribution in [0.4, 0.5) is 5.69 Å². The molecular formula is C19H18ClN3O4. The monoisotopic (exact) mass is 387 g/mol. The molecule has 1 aliphatic rings. The highest BCUT2D eigenvalue weighted by Gasteiger charge is 2.12. The number of hydrogen-bond donors (Lipinski definition) is 2. The van der Waals surface area contributed by atoms with E-state index in [9.17, 15) is 9.59 Å². The third-order valence-corrected chi connectivity index (χ3v) is 4.33. The van der Waals surface area contributed by atoms with Crippen LogP contribution in [0.1, 0.15) is 24.0 Å². The molecule has 0 aromatic heterocycles. The molecule has 0 bridgehead atoms. The van der Waals surface area contributed by atoms with Crippen molar-refractivity contribution >= 4 is 35.3 Å². The zero-order valence-electron chi connectivity index (χ0n) is 14.6. The van der Waals surface area contributed by atoms with Crippen LogP contribution in [0.25, 0.3) is 0 Å². The van der Waals surface area contributed by atoms with Gasteiger partial charge in [0, 0.05) is 23.6 Å². The van der Waals surface area contributed by atoms with Crippen molar-refractivity contribution in [2.24, 2.45) is 5.10 Å². The van der Waals surface area contributed by atoms with Gasteiger partial charge in [-0.25, -0.2) is 5.43 Å². The summed E-state index contributed by atoms with van der Waals surface area (Å²) in [5.41, 5.74) is 4.57. The van der Waals surface area contributed by atoms with Crippen LogP contribution in [0, 0.1) is 6.92 Å². The van der Waals surface area contributed by atoms with E-state index in [1.54, 1.807) is 36.4 Å². The van der Waals surface area contributed by atoms with Crippen LogP contribution >= 0.6 is 11.6 Å². The van der Waals surface area contributed by atoms with Crippen molar-refractivity contribution in [2.75, 3.05) is 12.1 Å². The highest BCUT2D eigenvalue weighted by Crippen LogP contribution is 2.31. The minimum absolute atomic E-state index is 0.0178. The summed E-state index contributed by atoms with van der Waals surface area (Å²) >= 11 is 6.02. The molecule has 7 nitrogen and oxygen atoms in total. The highest BCUT2D eigenvalue weighted by atomic mass is 35.5. The number of ether oxygens (including phenoxy) is 2. The van der Waals surface area contributed by atoms with Gasteiger partial charge in [-0.15, -0.1) is 0 Å². The minimum atomic E-state index is -0.357. The number of halogens is 1. The van der Waals surface area contributed by atoms with E-state index in [2.05, 4.69) is 15.8 Å². The molecule has 0 saturated heterocycles. The Morgan fingerprint density at radius 2 is 1.93 bits per heavy atom. The molecule has 3 rings (SSSR count). The third kappa shape index (κ3) is 4.98. The summed E-state index contributed by atoms with van der Waals surface area (Å²) in [5.74, 6) is 0.690. The van der Waals surface area contributed by atoms with Gasteiger partial charge in [0.05, 0.1) is 6.21 Å². The molecule has 0 aliphatic carbocycles. The molecule has 2 aromatic rings. The number of nitrogens with zero attached hydrogens (tertiary/aromatic N) is 1. The lowest BCUT2D eigenvalue weighted by atomic mass is 10.2. The molecule has 0 unspecified atom stereocenters. The van der Waals surface area contributed by atoms with Crippen molar-refractivity contribution in [1.82, 2.24) is 5.43 Å². The van der Waals surface area contributed by atoms with E-state index < -0.39 is 0 Å². The third-order valence-electron chi connectivity index (χ3n) is 3.92. The van der Waals surface area contributed by atoms with E-state index >= 15 is 0 Å². The minimum Gasteiger partial charge on any atom is -0.454 e. The van der Waals surface area contributed by atoms with Crippen LogP contribution in [-0.4, -0.2) is 24.8 Å². The van der Waals surface area contributed by atoms with Gasteiger partial charge in [0.1, 0.15) is 0 Å². The summed E-state index contributed by atoms with van der Waals surface area (Å²) in [6.07, 6.45) is 1.55. The number of anilines is 1. The number of carbonyl (C=O) groups excluding carboxylic acids is 2. The van der Waals surface area contributed by atoms with Gasteiger partial charge in [0.15, 0.2) is 11.5 Å². The van der Waals surface area contributed by atoms with Gasteiger partial charge in [-0.2, -0.15) is 5.10 Å². The van der Waals surface area contributed by atoms with Gasteiger partial charge < -0.3 is 14.8 Å². The molecule has 0 fully saturated rings. The van der Waals surface area contributed by atoms with E-state index in [0.717, 1.165) is 11.1 Å². The van der Waals surface area contributed by atoms with Crippen molar-refractivity contribution in [2.45, 2.75) is 19.8 Å². The maximum atomic E-state index is 12.0. The van der Waals surface area contributed by atoms with E-state index in [-0.39, 0.29) is 31.4 Å². The number of amides is 2.